The maximum Gasteiger partial charge on any atom is 0.255 e. The molecule has 0 spiro atoms. The van der Waals surface area contributed by atoms with Crippen LogP contribution in [0.1, 0.15) is 17.3 Å². The zero-order chi connectivity index (χ0) is 18.6. The highest BCUT2D eigenvalue weighted by molar-refractivity contribution is 7.89. The van der Waals surface area contributed by atoms with E-state index < -0.39 is 33.7 Å². The number of amides is 1. The standard InChI is InChI=1S/C16H16F2N2O4S/c1-10(21)9-19-25(23,24)15-4-2-11(3-5-15)16(22)20-14-7-12(17)6-13(18)8-14/h2-8,10,19,21H,9H2,1H3,(H,20,22). The molecule has 0 radical (unpaired) electrons. The van der Waals surface area contributed by atoms with Crippen LogP contribution in [0.3, 0.4) is 0 Å². The van der Waals surface area contributed by atoms with Crippen LogP contribution in [0.2, 0.25) is 0 Å². The summed E-state index contributed by atoms with van der Waals surface area (Å²) in [6, 6.07) is 7.55. The lowest BCUT2D eigenvalue weighted by molar-refractivity contribution is 0.102. The number of benzene rings is 2. The molecule has 1 unspecified atom stereocenters. The molecule has 1 amide bonds. The van der Waals surface area contributed by atoms with Crippen molar-refractivity contribution in [1.82, 2.24) is 4.72 Å². The van der Waals surface area contributed by atoms with Crippen LogP contribution in [0.25, 0.3) is 0 Å². The predicted molar refractivity (Wildman–Crippen MR) is 87.6 cm³/mol. The van der Waals surface area contributed by atoms with Crippen molar-refractivity contribution in [2.45, 2.75) is 17.9 Å². The van der Waals surface area contributed by atoms with E-state index in [1.165, 1.54) is 31.2 Å². The largest absolute Gasteiger partial charge is 0.392 e. The lowest BCUT2D eigenvalue weighted by atomic mass is 10.2. The van der Waals surface area contributed by atoms with Gasteiger partial charge < -0.3 is 10.4 Å². The summed E-state index contributed by atoms with van der Waals surface area (Å²) in [5, 5.41) is 11.4. The fraction of sp³-hybridized carbons (Fsp3) is 0.188. The average Bonchev–Trinajstić information content (AvgIpc) is 2.52. The summed E-state index contributed by atoms with van der Waals surface area (Å²) in [6.45, 7) is 1.29. The highest BCUT2D eigenvalue weighted by Gasteiger charge is 2.15. The second-order valence-electron chi connectivity index (χ2n) is 5.34. The number of hydrogen-bond donors (Lipinski definition) is 3. The second kappa shape index (κ2) is 7.68. The van der Waals surface area contributed by atoms with Crippen LogP contribution in [0.5, 0.6) is 0 Å². The average molecular weight is 370 g/mol. The molecule has 25 heavy (non-hydrogen) atoms. The molecule has 0 aliphatic rings. The van der Waals surface area contributed by atoms with Crippen molar-refractivity contribution in [3.05, 3.63) is 59.7 Å². The van der Waals surface area contributed by atoms with Gasteiger partial charge in [0.25, 0.3) is 5.91 Å². The van der Waals surface area contributed by atoms with E-state index in [0.717, 1.165) is 12.1 Å². The Bertz CT molecular complexity index is 848. The molecule has 0 fully saturated rings. The van der Waals surface area contributed by atoms with Gasteiger partial charge in [-0.1, -0.05) is 0 Å². The van der Waals surface area contributed by atoms with Crippen LogP contribution in [-0.2, 0) is 10.0 Å². The number of carbonyl (C=O) groups is 1. The maximum atomic E-state index is 13.1. The first kappa shape index (κ1) is 19.0. The van der Waals surface area contributed by atoms with Crippen molar-refractivity contribution in [2.75, 3.05) is 11.9 Å². The number of hydrogen-bond acceptors (Lipinski definition) is 4. The Morgan fingerprint density at radius 3 is 2.20 bits per heavy atom. The summed E-state index contributed by atoms with van der Waals surface area (Å²) in [7, 11) is -3.81. The quantitative estimate of drug-likeness (QED) is 0.723. The molecule has 0 saturated heterocycles. The molecule has 0 heterocycles. The summed E-state index contributed by atoms with van der Waals surface area (Å²) in [5.41, 5.74) is 0.0527. The smallest absolute Gasteiger partial charge is 0.255 e. The Balaban J connectivity index is 2.12. The first-order valence-corrected chi connectivity index (χ1v) is 8.71. The van der Waals surface area contributed by atoms with Gasteiger partial charge >= 0.3 is 0 Å². The van der Waals surface area contributed by atoms with Crippen molar-refractivity contribution >= 4 is 21.6 Å². The molecule has 2 rings (SSSR count). The third-order valence-corrected chi connectivity index (χ3v) is 4.56. The Morgan fingerprint density at radius 2 is 1.68 bits per heavy atom. The van der Waals surface area contributed by atoms with Gasteiger partial charge in [0.2, 0.25) is 10.0 Å². The predicted octanol–water partition coefficient (Wildman–Crippen LogP) is 1.88. The van der Waals surface area contributed by atoms with Crippen molar-refractivity contribution < 1.29 is 27.1 Å². The molecule has 2 aromatic rings. The van der Waals surface area contributed by atoms with Crippen LogP contribution in [0, 0.1) is 11.6 Å². The van der Waals surface area contributed by atoms with E-state index in [-0.39, 0.29) is 22.7 Å². The topological polar surface area (TPSA) is 95.5 Å². The van der Waals surface area contributed by atoms with Gasteiger partial charge in [-0.25, -0.2) is 21.9 Å². The number of halogens is 2. The van der Waals surface area contributed by atoms with Crippen LogP contribution in [0.4, 0.5) is 14.5 Å². The number of aliphatic hydroxyl groups excluding tert-OH is 1. The fourth-order valence-electron chi connectivity index (χ4n) is 1.93. The summed E-state index contributed by atoms with van der Waals surface area (Å²) in [4.78, 5) is 12.0. The maximum absolute atomic E-state index is 13.1. The van der Waals surface area contributed by atoms with Crippen molar-refractivity contribution in [2.24, 2.45) is 0 Å². The molecular weight excluding hydrogens is 354 g/mol. The molecule has 6 nitrogen and oxygen atoms in total. The van der Waals surface area contributed by atoms with Crippen LogP contribution < -0.4 is 10.0 Å². The number of sulfonamides is 1. The number of anilines is 1. The van der Waals surface area contributed by atoms with Gasteiger partial charge in [-0.3, -0.25) is 4.79 Å². The van der Waals surface area contributed by atoms with E-state index in [1.54, 1.807) is 0 Å². The molecule has 0 saturated carbocycles. The number of rotatable bonds is 6. The normalized spacial score (nSPS) is 12.6. The Morgan fingerprint density at radius 1 is 1.12 bits per heavy atom. The van der Waals surface area contributed by atoms with Gasteiger partial charge in [-0.15, -0.1) is 0 Å². The number of nitrogens with one attached hydrogen (secondary N) is 2. The highest BCUT2D eigenvalue weighted by atomic mass is 32.2. The molecule has 3 N–H and O–H groups in total. The Labute approximate surface area is 143 Å². The van der Waals surface area contributed by atoms with Crippen LogP contribution in [0.15, 0.2) is 47.4 Å². The van der Waals surface area contributed by atoms with Crippen molar-refractivity contribution in [1.29, 1.82) is 0 Å². The summed E-state index contributed by atoms with van der Waals surface area (Å²) in [6.07, 6.45) is -0.841. The minimum absolute atomic E-state index is 0.0576. The second-order valence-corrected chi connectivity index (χ2v) is 7.10. The molecule has 0 aromatic heterocycles. The Hall–Kier alpha value is -2.36. The van der Waals surface area contributed by atoms with E-state index in [9.17, 15) is 22.0 Å². The first-order chi connectivity index (χ1) is 11.7. The van der Waals surface area contributed by atoms with E-state index in [1.807, 2.05) is 0 Å². The summed E-state index contributed by atoms with van der Waals surface area (Å²) >= 11 is 0. The fourth-order valence-corrected chi connectivity index (χ4v) is 3.05. The number of aliphatic hydroxyl groups is 1. The van der Waals surface area contributed by atoms with E-state index >= 15 is 0 Å². The molecule has 2 aromatic carbocycles. The van der Waals surface area contributed by atoms with Crippen LogP contribution >= 0.6 is 0 Å². The lowest BCUT2D eigenvalue weighted by Crippen LogP contribution is -2.30. The lowest BCUT2D eigenvalue weighted by Gasteiger charge is -2.09. The van der Waals surface area contributed by atoms with E-state index in [0.29, 0.717) is 6.07 Å². The van der Waals surface area contributed by atoms with Crippen molar-refractivity contribution in [3.8, 4) is 0 Å². The summed E-state index contributed by atoms with van der Waals surface area (Å²) in [5.74, 6) is -2.31. The SMILES string of the molecule is CC(O)CNS(=O)(=O)c1ccc(C(=O)Nc2cc(F)cc(F)c2)cc1. The van der Waals surface area contributed by atoms with Gasteiger partial charge in [0.1, 0.15) is 11.6 Å². The van der Waals surface area contributed by atoms with Gasteiger partial charge in [0.05, 0.1) is 11.0 Å². The Kier molecular flexibility index (Phi) is 5.83. The monoisotopic (exact) mass is 370 g/mol. The van der Waals surface area contributed by atoms with E-state index in [2.05, 4.69) is 10.0 Å². The molecular formula is C16H16F2N2O4S. The molecule has 0 aliphatic heterocycles. The molecule has 1 atom stereocenters. The van der Waals surface area contributed by atoms with Gasteiger partial charge in [0.15, 0.2) is 0 Å². The number of carbonyl (C=O) groups excluding carboxylic acids is 1. The molecule has 0 aliphatic carbocycles. The molecule has 134 valence electrons. The zero-order valence-electron chi connectivity index (χ0n) is 13.2. The molecule has 0 bridgehead atoms. The zero-order valence-corrected chi connectivity index (χ0v) is 14.0. The highest BCUT2D eigenvalue weighted by Crippen LogP contribution is 2.15. The minimum Gasteiger partial charge on any atom is -0.392 e. The first-order valence-electron chi connectivity index (χ1n) is 7.22. The minimum atomic E-state index is -3.81. The van der Waals surface area contributed by atoms with E-state index in [4.69, 9.17) is 5.11 Å². The van der Waals surface area contributed by atoms with Crippen LogP contribution in [-0.4, -0.2) is 32.1 Å². The third-order valence-electron chi connectivity index (χ3n) is 3.12. The van der Waals surface area contributed by atoms with Gasteiger partial charge in [-0.2, -0.15) is 0 Å². The third kappa shape index (κ3) is 5.31. The van der Waals surface area contributed by atoms with Crippen molar-refractivity contribution in [3.63, 3.8) is 0 Å². The molecule has 9 heteroatoms. The van der Waals surface area contributed by atoms with Gasteiger partial charge in [0, 0.05) is 23.9 Å². The summed E-state index contributed by atoms with van der Waals surface area (Å²) < 4.78 is 52.4. The van der Waals surface area contributed by atoms with Gasteiger partial charge in [-0.05, 0) is 43.3 Å².